The maximum Gasteiger partial charge on any atom is 0.407 e. The van der Waals surface area contributed by atoms with E-state index in [0.717, 1.165) is 0 Å². The van der Waals surface area contributed by atoms with E-state index < -0.39 is 20.0 Å². The fourth-order valence-electron chi connectivity index (χ4n) is 3.73. The van der Waals surface area contributed by atoms with Gasteiger partial charge in [0.2, 0.25) is 0 Å². The first-order valence-electron chi connectivity index (χ1n) is 8.97. The van der Waals surface area contributed by atoms with Crippen molar-refractivity contribution in [1.82, 2.24) is 4.90 Å². The van der Waals surface area contributed by atoms with Gasteiger partial charge in [0, 0.05) is 7.11 Å². The molecule has 1 aliphatic heterocycles. The number of rotatable bonds is 5. The van der Waals surface area contributed by atoms with Crippen LogP contribution in [-0.2, 0) is 9.16 Å². The maximum absolute atomic E-state index is 12.0. The van der Waals surface area contributed by atoms with Gasteiger partial charge in [-0.15, -0.1) is 6.58 Å². The maximum atomic E-state index is 12.0. The summed E-state index contributed by atoms with van der Waals surface area (Å²) >= 11 is 0. The number of carbonyl (C=O) groups is 1. The molecule has 0 spiro atoms. The Morgan fingerprint density at radius 3 is 2.16 bits per heavy atom. The molecule has 25 heavy (non-hydrogen) atoms. The average molecular weight is 372 g/mol. The van der Waals surface area contributed by atoms with Crippen LogP contribution in [0.5, 0.6) is 0 Å². The van der Waals surface area contributed by atoms with E-state index in [4.69, 9.17) is 9.16 Å². The molecule has 1 rings (SSSR count). The van der Waals surface area contributed by atoms with Crippen LogP contribution in [0.25, 0.3) is 0 Å². The quantitative estimate of drug-likeness (QED) is 0.560. The molecule has 0 aromatic heterocycles. The molecule has 1 saturated heterocycles. The van der Waals surface area contributed by atoms with Gasteiger partial charge in [-0.1, -0.05) is 47.6 Å². The van der Waals surface area contributed by atoms with Crippen molar-refractivity contribution in [2.24, 2.45) is 5.41 Å². The average Bonchev–Trinajstić information content (AvgIpc) is 2.72. The van der Waals surface area contributed by atoms with Gasteiger partial charge in [-0.3, -0.25) is 4.90 Å². The fourth-order valence-corrected chi connectivity index (χ4v) is 5.07. The van der Waals surface area contributed by atoms with Gasteiger partial charge in [0.05, 0.1) is 18.7 Å². The molecule has 0 radical (unpaired) electrons. The molecule has 1 unspecified atom stereocenters. The van der Waals surface area contributed by atoms with Gasteiger partial charge in [-0.05, 0) is 30.0 Å². The summed E-state index contributed by atoms with van der Waals surface area (Å²) in [5.74, 6) is 0. The lowest BCUT2D eigenvalue weighted by Crippen LogP contribution is -2.59. The minimum absolute atomic E-state index is 0.0362. The standard InChI is InChI=1S/C19H37NO4Si/c1-11-12-19(23-8)14(24-25(9,10)18(5,6)7)13-20(16(21)22)15(19)17(2,3)4/h11,14-15H,1,12-13H2,2-10H3,(H,21,22)/t14-,15?,19-/m0/s1. The molecule has 0 bridgehead atoms. The van der Waals surface area contributed by atoms with Gasteiger partial charge in [-0.2, -0.15) is 0 Å². The third-order valence-corrected chi connectivity index (χ3v) is 10.3. The first-order chi connectivity index (χ1) is 11.1. The van der Waals surface area contributed by atoms with Crippen molar-refractivity contribution in [1.29, 1.82) is 0 Å². The number of hydrogen-bond donors (Lipinski definition) is 1. The number of ether oxygens (including phenoxy) is 1. The van der Waals surface area contributed by atoms with Crippen molar-refractivity contribution in [2.45, 2.75) is 83.8 Å². The van der Waals surface area contributed by atoms with E-state index in [1.165, 1.54) is 4.90 Å². The lowest BCUT2D eigenvalue weighted by Gasteiger charge is -2.47. The van der Waals surface area contributed by atoms with E-state index in [1.807, 2.05) is 6.08 Å². The topological polar surface area (TPSA) is 59.0 Å². The van der Waals surface area contributed by atoms with Crippen LogP contribution in [0.2, 0.25) is 18.1 Å². The molecule has 3 atom stereocenters. The number of hydrogen-bond acceptors (Lipinski definition) is 3. The summed E-state index contributed by atoms with van der Waals surface area (Å²) in [7, 11) is -0.429. The lowest BCUT2D eigenvalue weighted by molar-refractivity contribution is -0.109. The molecule has 6 heteroatoms. The highest BCUT2D eigenvalue weighted by molar-refractivity contribution is 6.74. The number of likely N-dealkylation sites (tertiary alicyclic amines) is 1. The summed E-state index contributed by atoms with van der Waals surface area (Å²) in [5.41, 5.74) is -1.02. The van der Waals surface area contributed by atoms with Crippen LogP contribution in [0.3, 0.4) is 0 Å². The highest BCUT2D eigenvalue weighted by atomic mass is 28.4. The monoisotopic (exact) mass is 371 g/mol. The molecule has 0 aromatic carbocycles. The zero-order chi connectivity index (χ0) is 19.8. The Morgan fingerprint density at radius 1 is 1.32 bits per heavy atom. The van der Waals surface area contributed by atoms with Crippen LogP contribution in [0.15, 0.2) is 12.7 Å². The Labute approximate surface area is 154 Å². The second-order valence-corrected chi connectivity index (χ2v) is 14.5. The van der Waals surface area contributed by atoms with Crippen LogP contribution in [0.1, 0.15) is 48.0 Å². The van der Waals surface area contributed by atoms with Crippen molar-refractivity contribution in [3.8, 4) is 0 Å². The Hall–Kier alpha value is -0.853. The number of nitrogens with zero attached hydrogens (tertiary/aromatic N) is 1. The first kappa shape index (κ1) is 22.2. The smallest absolute Gasteiger partial charge is 0.407 e. The molecule has 146 valence electrons. The van der Waals surface area contributed by atoms with Crippen LogP contribution in [0.4, 0.5) is 4.79 Å². The molecule has 0 saturated carbocycles. The second-order valence-electron chi connectivity index (χ2n) is 9.72. The minimum atomic E-state index is -2.09. The third-order valence-electron chi connectivity index (χ3n) is 5.83. The van der Waals surface area contributed by atoms with Crippen molar-refractivity contribution in [2.75, 3.05) is 13.7 Å². The van der Waals surface area contributed by atoms with E-state index in [-0.39, 0.29) is 22.6 Å². The molecule has 1 fully saturated rings. The van der Waals surface area contributed by atoms with E-state index in [9.17, 15) is 9.90 Å². The van der Waals surface area contributed by atoms with Gasteiger partial charge >= 0.3 is 6.09 Å². The van der Waals surface area contributed by atoms with Crippen LogP contribution >= 0.6 is 0 Å². The molecule has 5 nitrogen and oxygen atoms in total. The van der Waals surface area contributed by atoms with E-state index in [2.05, 4.69) is 61.2 Å². The minimum Gasteiger partial charge on any atom is -0.465 e. The van der Waals surface area contributed by atoms with Gasteiger partial charge in [-0.25, -0.2) is 4.79 Å². The Bertz CT molecular complexity index is 507. The van der Waals surface area contributed by atoms with Crippen LogP contribution in [0, 0.1) is 5.41 Å². The summed E-state index contributed by atoms with van der Waals surface area (Å²) < 4.78 is 12.7. The normalized spacial score (nSPS) is 28.3. The van der Waals surface area contributed by atoms with Gasteiger partial charge in [0.25, 0.3) is 0 Å². The molecular formula is C19H37NO4Si. The second kappa shape index (κ2) is 7.04. The lowest BCUT2D eigenvalue weighted by atomic mass is 9.74. The van der Waals surface area contributed by atoms with Crippen LogP contribution in [-0.4, -0.2) is 55.8 Å². The third kappa shape index (κ3) is 4.12. The number of amides is 1. The zero-order valence-electron chi connectivity index (χ0n) is 17.5. The Kier molecular flexibility index (Phi) is 6.25. The molecular weight excluding hydrogens is 334 g/mol. The highest BCUT2D eigenvalue weighted by Gasteiger charge is 2.61. The van der Waals surface area contributed by atoms with E-state index >= 15 is 0 Å². The summed E-state index contributed by atoms with van der Waals surface area (Å²) in [6.07, 6.45) is 1.13. The number of carboxylic acid groups (broad SMARTS) is 1. The molecule has 1 amide bonds. The molecule has 1 heterocycles. The van der Waals surface area contributed by atoms with Crippen LogP contribution < -0.4 is 0 Å². The Morgan fingerprint density at radius 2 is 1.84 bits per heavy atom. The fraction of sp³-hybridized carbons (Fsp3) is 0.842. The van der Waals surface area contributed by atoms with E-state index in [0.29, 0.717) is 13.0 Å². The summed E-state index contributed by atoms with van der Waals surface area (Å²) in [6.45, 7) is 21.3. The summed E-state index contributed by atoms with van der Waals surface area (Å²) in [4.78, 5) is 13.5. The Balaban J connectivity index is 3.45. The first-order valence-corrected chi connectivity index (χ1v) is 11.9. The van der Waals surface area contributed by atoms with Crippen molar-refractivity contribution in [3.05, 3.63) is 12.7 Å². The van der Waals surface area contributed by atoms with E-state index in [1.54, 1.807) is 7.11 Å². The van der Waals surface area contributed by atoms with Gasteiger partial charge in [0.1, 0.15) is 5.60 Å². The molecule has 0 aromatic rings. The summed E-state index contributed by atoms with van der Waals surface area (Å²) in [5, 5.41) is 9.86. The highest BCUT2D eigenvalue weighted by Crippen LogP contribution is 2.48. The summed E-state index contributed by atoms with van der Waals surface area (Å²) in [6, 6.07) is -0.310. The molecule has 0 aliphatic carbocycles. The number of methoxy groups -OCH3 is 1. The predicted octanol–water partition coefficient (Wildman–Crippen LogP) is 4.75. The zero-order valence-corrected chi connectivity index (χ0v) is 18.5. The largest absolute Gasteiger partial charge is 0.465 e. The SMILES string of the molecule is C=CC[C@@]1(OC)C(C(C)(C)C)N(C(=O)O)C[C@@H]1O[Si](C)(C)C(C)(C)C. The van der Waals surface area contributed by atoms with Gasteiger partial charge in [0.15, 0.2) is 8.32 Å². The molecule has 1 N–H and O–H groups in total. The molecule has 1 aliphatic rings. The predicted molar refractivity (Wildman–Crippen MR) is 105 cm³/mol. The van der Waals surface area contributed by atoms with Gasteiger partial charge < -0.3 is 14.3 Å². The van der Waals surface area contributed by atoms with Crippen molar-refractivity contribution >= 4 is 14.4 Å². The van der Waals surface area contributed by atoms with Crippen molar-refractivity contribution in [3.63, 3.8) is 0 Å². The van der Waals surface area contributed by atoms with Crippen molar-refractivity contribution < 1.29 is 19.1 Å².